The molecule has 0 bridgehead atoms. The predicted molar refractivity (Wildman–Crippen MR) is 80.7 cm³/mol. The molecule has 5 nitrogen and oxygen atoms in total. The number of aliphatic hydroxyl groups is 2. The predicted octanol–water partition coefficient (Wildman–Crippen LogP) is 1.96. The van der Waals surface area contributed by atoms with Gasteiger partial charge in [-0.25, -0.2) is 4.79 Å². The van der Waals surface area contributed by atoms with Gasteiger partial charge in [0.2, 0.25) is 0 Å². The van der Waals surface area contributed by atoms with Crippen molar-refractivity contribution in [2.45, 2.75) is 32.7 Å². The lowest BCUT2D eigenvalue weighted by molar-refractivity contribution is 0.0698. The van der Waals surface area contributed by atoms with Crippen LogP contribution in [0.4, 0.5) is 0 Å². The van der Waals surface area contributed by atoms with E-state index in [9.17, 15) is 9.90 Å². The summed E-state index contributed by atoms with van der Waals surface area (Å²) in [7, 11) is 0. The smallest absolute Gasteiger partial charge is 0.338 e. The van der Waals surface area contributed by atoms with E-state index in [2.05, 4.69) is 0 Å². The summed E-state index contributed by atoms with van der Waals surface area (Å²) in [6.07, 6.45) is 3.88. The SMILES string of the molecule is Cc1ccc2c(CCCO)cn(CCCO)c2c1C(=O)O. The van der Waals surface area contributed by atoms with Crippen molar-refractivity contribution in [3.05, 3.63) is 35.0 Å². The molecule has 0 aliphatic carbocycles. The van der Waals surface area contributed by atoms with Crippen LogP contribution < -0.4 is 0 Å². The summed E-state index contributed by atoms with van der Waals surface area (Å²) < 4.78 is 1.91. The van der Waals surface area contributed by atoms with Crippen LogP contribution in [0, 0.1) is 6.92 Å². The van der Waals surface area contributed by atoms with Gasteiger partial charge in [0.05, 0.1) is 11.1 Å². The van der Waals surface area contributed by atoms with E-state index in [1.807, 2.05) is 22.9 Å². The number of aliphatic hydroxyl groups excluding tert-OH is 2. The number of aromatic nitrogens is 1. The second kappa shape index (κ2) is 6.74. The summed E-state index contributed by atoms with van der Waals surface area (Å²) in [6, 6.07) is 3.77. The van der Waals surface area contributed by atoms with Gasteiger partial charge in [-0.15, -0.1) is 0 Å². The molecule has 0 saturated carbocycles. The quantitative estimate of drug-likeness (QED) is 0.728. The molecule has 1 aromatic heterocycles. The highest BCUT2D eigenvalue weighted by atomic mass is 16.4. The highest BCUT2D eigenvalue weighted by molar-refractivity contribution is 6.04. The molecule has 5 heteroatoms. The van der Waals surface area contributed by atoms with Gasteiger partial charge in [-0.1, -0.05) is 12.1 Å². The molecule has 114 valence electrons. The third-order valence-corrected chi connectivity index (χ3v) is 3.71. The van der Waals surface area contributed by atoms with Crippen molar-refractivity contribution in [1.82, 2.24) is 4.57 Å². The minimum atomic E-state index is -0.935. The van der Waals surface area contributed by atoms with Gasteiger partial charge in [0.1, 0.15) is 0 Å². The van der Waals surface area contributed by atoms with Crippen LogP contribution in [-0.2, 0) is 13.0 Å². The van der Waals surface area contributed by atoms with Crippen LogP contribution in [0.1, 0.15) is 34.3 Å². The van der Waals surface area contributed by atoms with Gasteiger partial charge >= 0.3 is 5.97 Å². The molecular weight excluding hydrogens is 270 g/mol. The topological polar surface area (TPSA) is 82.7 Å². The van der Waals surface area contributed by atoms with E-state index >= 15 is 0 Å². The summed E-state index contributed by atoms with van der Waals surface area (Å²) in [5.74, 6) is -0.935. The number of carbonyl (C=O) groups is 1. The van der Waals surface area contributed by atoms with Crippen molar-refractivity contribution >= 4 is 16.9 Å². The van der Waals surface area contributed by atoms with Crippen LogP contribution in [-0.4, -0.2) is 39.1 Å². The van der Waals surface area contributed by atoms with Crippen LogP contribution in [0.15, 0.2) is 18.3 Å². The number of fused-ring (bicyclic) bond motifs is 1. The Bertz CT molecular complexity index is 645. The summed E-state index contributed by atoms with van der Waals surface area (Å²) in [4.78, 5) is 11.6. The first-order chi connectivity index (χ1) is 10.1. The largest absolute Gasteiger partial charge is 0.478 e. The maximum atomic E-state index is 11.6. The maximum Gasteiger partial charge on any atom is 0.338 e. The van der Waals surface area contributed by atoms with E-state index < -0.39 is 5.97 Å². The zero-order chi connectivity index (χ0) is 15.4. The van der Waals surface area contributed by atoms with Crippen molar-refractivity contribution in [3.63, 3.8) is 0 Å². The molecule has 0 aliphatic rings. The average molecular weight is 291 g/mol. The zero-order valence-corrected chi connectivity index (χ0v) is 12.2. The van der Waals surface area contributed by atoms with E-state index in [4.69, 9.17) is 10.2 Å². The van der Waals surface area contributed by atoms with Gasteiger partial charge in [0.25, 0.3) is 0 Å². The molecule has 1 aromatic carbocycles. The van der Waals surface area contributed by atoms with Gasteiger partial charge < -0.3 is 19.9 Å². The molecule has 2 aromatic rings. The lowest BCUT2D eigenvalue weighted by Crippen LogP contribution is -2.06. The first-order valence-corrected chi connectivity index (χ1v) is 7.16. The number of aromatic carboxylic acids is 1. The number of carboxylic acid groups (broad SMARTS) is 1. The van der Waals surface area contributed by atoms with E-state index in [1.54, 1.807) is 6.92 Å². The van der Waals surface area contributed by atoms with E-state index in [0.29, 0.717) is 36.9 Å². The fourth-order valence-electron chi connectivity index (χ4n) is 2.73. The van der Waals surface area contributed by atoms with Crippen LogP contribution in [0.3, 0.4) is 0 Å². The Morgan fingerprint density at radius 2 is 1.90 bits per heavy atom. The second-order valence-corrected chi connectivity index (χ2v) is 5.21. The number of benzene rings is 1. The molecule has 3 N–H and O–H groups in total. The summed E-state index contributed by atoms with van der Waals surface area (Å²) in [5, 5.41) is 28.4. The zero-order valence-electron chi connectivity index (χ0n) is 12.2. The third-order valence-electron chi connectivity index (χ3n) is 3.71. The van der Waals surface area contributed by atoms with Gasteiger partial charge in [-0.2, -0.15) is 0 Å². The normalized spacial score (nSPS) is 11.2. The Kier molecular flexibility index (Phi) is 4.98. The molecule has 0 spiro atoms. The van der Waals surface area contributed by atoms with Crippen molar-refractivity contribution in [2.24, 2.45) is 0 Å². The van der Waals surface area contributed by atoms with Crippen molar-refractivity contribution < 1.29 is 20.1 Å². The van der Waals surface area contributed by atoms with Gasteiger partial charge in [-0.05, 0) is 37.3 Å². The van der Waals surface area contributed by atoms with Crippen LogP contribution >= 0.6 is 0 Å². The Labute approximate surface area is 123 Å². The number of carboxylic acids is 1. The van der Waals surface area contributed by atoms with Crippen molar-refractivity contribution in [1.29, 1.82) is 0 Å². The molecule has 0 atom stereocenters. The highest BCUT2D eigenvalue weighted by Gasteiger charge is 2.18. The molecule has 0 fully saturated rings. The maximum absolute atomic E-state index is 11.6. The number of rotatable bonds is 7. The molecule has 0 radical (unpaired) electrons. The number of hydrogen-bond donors (Lipinski definition) is 3. The fourth-order valence-corrected chi connectivity index (χ4v) is 2.73. The lowest BCUT2D eigenvalue weighted by Gasteiger charge is -2.09. The fraction of sp³-hybridized carbons (Fsp3) is 0.438. The van der Waals surface area contributed by atoms with Gasteiger partial charge in [0, 0.05) is 31.3 Å². The third kappa shape index (κ3) is 3.09. The summed E-state index contributed by atoms with van der Waals surface area (Å²) >= 11 is 0. The van der Waals surface area contributed by atoms with Crippen molar-refractivity contribution in [3.8, 4) is 0 Å². The van der Waals surface area contributed by atoms with E-state index in [-0.39, 0.29) is 13.2 Å². The minimum absolute atomic E-state index is 0.0693. The van der Waals surface area contributed by atoms with Gasteiger partial charge in [0.15, 0.2) is 0 Å². The Morgan fingerprint density at radius 1 is 1.19 bits per heavy atom. The molecular formula is C16H21NO4. The molecule has 0 amide bonds. The molecule has 0 aliphatic heterocycles. The number of hydrogen-bond acceptors (Lipinski definition) is 3. The standard InChI is InChI=1S/C16H21NO4/c1-11-5-6-13-12(4-2-8-18)10-17(7-3-9-19)15(13)14(11)16(20)21/h5-6,10,18-19H,2-4,7-9H2,1H3,(H,20,21). The minimum Gasteiger partial charge on any atom is -0.478 e. The lowest BCUT2D eigenvalue weighted by atomic mass is 10.0. The average Bonchev–Trinajstić information content (AvgIpc) is 2.80. The van der Waals surface area contributed by atoms with Crippen LogP contribution in [0.5, 0.6) is 0 Å². The van der Waals surface area contributed by atoms with Crippen LogP contribution in [0.2, 0.25) is 0 Å². The molecule has 1 heterocycles. The first kappa shape index (κ1) is 15.5. The Balaban J connectivity index is 2.62. The van der Waals surface area contributed by atoms with Gasteiger partial charge in [-0.3, -0.25) is 0 Å². The number of aryl methyl sites for hydroxylation is 3. The van der Waals surface area contributed by atoms with Crippen molar-refractivity contribution in [2.75, 3.05) is 13.2 Å². The first-order valence-electron chi connectivity index (χ1n) is 7.16. The van der Waals surface area contributed by atoms with E-state index in [1.165, 1.54) is 0 Å². The summed E-state index contributed by atoms with van der Waals surface area (Å²) in [6.45, 7) is 2.55. The highest BCUT2D eigenvalue weighted by Crippen LogP contribution is 2.28. The summed E-state index contributed by atoms with van der Waals surface area (Å²) in [5.41, 5.74) is 2.80. The molecule has 0 unspecified atom stereocenters. The monoisotopic (exact) mass is 291 g/mol. The Hall–Kier alpha value is -1.85. The van der Waals surface area contributed by atoms with E-state index in [0.717, 1.165) is 16.5 Å². The molecule has 2 rings (SSSR count). The second-order valence-electron chi connectivity index (χ2n) is 5.21. The van der Waals surface area contributed by atoms with Crippen LogP contribution in [0.25, 0.3) is 10.9 Å². The number of nitrogens with zero attached hydrogens (tertiary/aromatic N) is 1. The molecule has 0 saturated heterocycles. The molecule has 21 heavy (non-hydrogen) atoms. The Morgan fingerprint density at radius 3 is 2.52 bits per heavy atom.